The second kappa shape index (κ2) is 4.67. The summed E-state index contributed by atoms with van der Waals surface area (Å²) in [4.78, 5) is 14.4. The Morgan fingerprint density at radius 2 is 2.33 bits per heavy atom. The maximum absolute atomic E-state index is 10.6. The summed E-state index contributed by atoms with van der Waals surface area (Å²) in [5.41, 5.74) is 0. The van der Waals surface area contributed by atoms with Crippen molar-refractivity contribution in [1.29, 1.82) is 0 Å². The molecule has 0 aliphatic carbocycles. The third-order valence-electron chi connectivity index (χ3n) is 0.667. The van der Waals surface area contributed by atoms with Crippen LogP contribution in [0, 0.1) is 0 Å². The summed E-state index contributed by atoms with van der Waals surface area (Å²) in [5.74, 6) is 0.0743. The van der Waals surface area contributed by atoms with E-state index >= 15 is 0 Å². The van der Waals surface area contributed by atoms with Gasteiger partial charge in [0.05, 0.1) is 0 Å². The van der Waals surface area contributed by atoms with E-state index in [9.17, 15) is 4.79 Å². The third kappa shape index (κ3) is 3.40. The van der Waals surface area contributed by atoms with E-state index in [-0.39, 0.29) is 27.0 Å². The fourth-order valence-electron chi connectivity index (χ4n) is 0.356. The van der Waals surface area contributed by atoms with E-state index in [2.05, 4.69) is 11.6 Å². The van der Waals surface area contributed by atoms with Gasteiger partial charge in [0.1, 0.15) is 0 Å². The van der Waals surface area contributed by atoms with Crippen LogP contribution >= 0.6 is 0 Å². The fraction of sp³-hybridized carbons (Fsp3) is 0.333. The van der Waals surface area contributed by atoms with Crippen molar-refractivity contribution >= 4 is 9.50 Å². The molecule has 9 heavy (non-hydrogen) atoms. The molecule has 0 radical (unpaired) electrons. The average molecular weight is 238 g/mol. The predicted molar refractivity (Wildman–Crippen MR) is 34.2 cm³/mol. The number of hydrogen-bond acceptors (Lipinski definition) is 2. The van der Waals surface area contributed by atoms with Crippen LogP contribution in [-0.2, 0) is 4.79 Å². The van der Waals surface area contributed by atoms with Crippen molar-refractivity contribution in [1.82, 2.24) is 0 Å². The summed E-state index contributed by atoms with van der Waals surface area (Å²) < 4.78 is 2.48. The minimum atomic E-state index is -0.314. The van der Waals surface area contributed by atoms with E-state index in [1.54, 1.807) is 11.1 Å². The average Bonchev–Trinajstić information content (AvgIpc) is 1.82. The van der Waals surface area contributed by atoms with Crippen LogP contribution < -0.4 is 21.2 Å². The molecule has 3 heteroatoms. The van der Waals surface area contributed by atoms with Gasteiger partial charge in [-0.1, -0.05) is 0 Å². The predicted octanol–water partition coefficient (Wildman–Crippen LogP) is -2.16. The van der Waals surface area contributed by atoms with Crippen molar-refractivity contribution < 1.29 is 26.0 Å². The van der Waals surface area contributed by atoms with Crippen molar-refractivity contribution in [3.63, 3.8) is 0 Å². The van der Waals surface area contributed by atoms with Gasteiger partial charge in [0.2, 0.25) is 0 Å². The summed E-state index contributed by atoms with van der Waals surface area (Å²) >= 11 is -0.314. The third-order valence-corrected chi connectivity index (χ3v) is 2.94. The Morgan fingerprint density at radius 3 is 2.44 bits per heavy atom. The molecule has 0 saturated heterocycles. The number of rotatable bonds is 3. The molecular weight excluding hydrogens is 229 g/mol. The number of carbonyl (C=O) groups is 1. The Kier molecular flexibility index (Phi) is 4.57. The molecule has 0 aromatic heterocycles. The Labute approximate surface area is 65.3 Å². The van der Waals surface area contributed by atoms with Gasteiger partial charge in [0.25, 0.3) is 0 Å². The van der Waals surface area contributed by atoms with E-state index < -0.39 is 0 Å². The molecule has 0 aromatic rings. The van der Waals surface area contributed by atoms with E-state index in [0.29, 0.717) is 3.72 Å². The molecule has 0 rings (SSSR count). The topological polar surface area (TPSA) is 29.4 Å². The van der Waals surface area contributed by atoms with Crippen LogP contribution in [0.1, 0.15) is 6.92 Å². The summed E-state index contributed by atoms with van der Waals surface area (Å²) in [6.07, 6.45) is 0. The number of ketones is 1. The quantitative estimate of drug-likeness (QED) is 0.406. The van der Waals surface area contributed by atoms with E-state index in [0.717, 1.165) is 0 Å². The minimum absolute atomic E-state index is 0.0743. The molecule has 0 amide bonds. The van der Waals surface area contributed by atoms with E-state index in [1.165, 1.54) is 6.92 Å². The van der Waals surface area contributed by atoms with Gasteiger partial charge in [-0.2, -0.15) is 0 Å². The normalized spacial score (nSPS) is 11.6. The van der Waals surface area contributed by atoms with Gasteiger partial charge < -0.3 is 0 Å². The zero-order valence-electron chi connectivity index (χ0n) is 5.52. The van der Waals surface area contributed by atoms with Gasteiger partial charge in [0.15, 0.2) is 0 Å². The van der Waals surface area contributed by atoms with Crippen molar-refractivity contribution in [2.45, 2.75) is 6.92 Å². The number of nitrogens with zero attached hydrogens (tertiary/aromatic N) is 1. The van der Waals surface area contributed by atoms with Crippen LogP contribution in [0.2, 0.25) is 0 Å². The van der Waals surface area contributed by atoms with Gasteiger partial charge in [-0.05, 0) is 0 Å². The van der Waals surface area contributed by atoms with Crippen LogP contribution in [0.25, 0.3) is 0 Å². The summed E-state index contributed by atoms with van der Waals surface area (Å²) in [6, 6.07) is 0. The molecule has 0 N–H and O–H groups in total. The Hall–Kier alpha value is -0.190. The molecule has 0 saturated carbocycles. The molecular formula is C6H9INO-. The molecule has 0 bridgehead atoms. The molecule has 0 fully saturated rings. The first-order valence-electron chi connectivity index (χ1n) is 2.44. The monoisotopic (exact) mass is 238 g/mol. The molecule has 0 aliphatic heterocycles. The fourth-order valence-corrected chi connectivity index (χ4v) is 1.49. The maximum atomic E-state index is 10.6. The first-order valence-corrected chi connectivity index (χ1v) is 4.76. The van der Waals surface area contributed by atoms with E-state index in [4.69, 9.17) is 0 Å². The standard InChI is InChI=1S/C6H9INO/c1-4-7-6(8-3)5(2)9/h4H,1H2,2-3H3/q-1. The van der Waals surface area contributed by atoms with Gasteiger partial charge >= 0.3 is 65.1 Å². The number of carbonyl (C=O) groups excluding carboxylic acids is 1. The zero-order valence-corrected chi connectivity index (χ0v) is 7.68. The number of aliphatic imine (C=N–C) groups is 1. The van der Waals surface area contributed by atoms with Gasteiger partial charge in [-0.15, -0.1) is 0 Å². The summed E-state index contributed by atoms with van der Waals surface area (Å²) in [5, 5.41) is 0. The zero-order chi connectivity index (χ0) is 7.28. The van der Waals surface area contributed by atoms with Crippen molar-refractivity contribution in [2.75, 3.05) is 7.05 Å². The van der Waals surface area contributed by atoms with Gasteiger partial charge in [-0.3, -0.25) is 0 Å². The number of Topliss-reactive ketones (excluding diaryl/α,β-unsaturated/α-hetero) is 1. The van der Waals surface area contributed by atoms with Crippen LogP contribution in [0.3, 0.4) is 0 Å². The first kappa shape index (κ1) is 8.81. The molecule has 0 spiro atoms. The number of halogens is 1. The second-order valence-corrected chi connectivity index (χ2v) is 3.86. The Morgan fingerprint density at radius 1 is 1.78 bits per heavy atom. The summed E-state index contributed by atoms with van der Waals surface area (Å²) in [7, 11) is 1.64. The molecule has 0 unspecified atom stereocenters. The second-order valence-electron chi connectivity index (χ2n) is 1.33. The number of hydrogen-bond donors (Lipinski definition) is 0. The Balaban J connectivity index is 4.00. The van der Waals surface area contributed by atoms with Crippen LogP contribution in [0.5, 0.6) is 0 Å². The molecule has 52 valence electrons. The van der Waals surface area contributed by atoms with Crippen LogP contribution in [-0.4, -0.2) is 16.5 Å². The molecule has 0 aliphatic rings. The SMILES string of the molecule is C=C[I-]C(=NC)C(C)=O. The Bertz CT molecular complexity index is 151. The van der Waals surface area contributed by atoms with Crippen molar-refractivity contribution in [3.05, 3.63) is 10.7 Å². The molecule has 0 heterocycles. The van der Waals surface area contributed by atoms with Crippen LogP contribution in [0.4, 0.5) is 0 Å². The molecule has 2 nitrogen and oxygen atoms in total. The molecule has 0 atom stereocenters. The van der Waals surface area contributed by atoms with Crippen molar-refractivity contribution in [3.8, 4) is 0 Å². The van der Waals surface area contributed by atoms with Gasteiger partial charge in [0, 0.05) is 0 Å². The molecule has 0 aromatic carbocycles. The summed E-state index contributed by atoms with van der Waals surface area (Å²) in [6.45, 7) is 5.08. The first-order chi connectivity index (χ1) is 4.22. The van der Waals surface area contributed by atoms with Crippen molar-refractivity contribution in [2.24, 2.45) is 4.99 Å². The van der Waals surface area contributed by atoms with E-state index in [1.807, 2.05) is 0 Å². The van der Waals surface area contributed by atoms with Gasteiger partial charge in [-0.25, -0.2) is 0 Å². The van der Waals surface area contributed by atoms with Crippen LogP contribution in [0.15, 0.2) is 15.7 Å².